The van der Waals surface area contributed by atoms with Gasteiger partial charge in [-0.2, -0.15) is 4.98 Å². The number of rotatable bonds is 7. The smallest absolute Gasteiger partial charge is 0.339 e. The van der Waals surface area contributed by atoms with E-state index in [9.17, 15) is 13.2 Å². The summed E-state index contributed by atoms with van der Waals surface area (Å²) in [7, 11) is -1.47. The average Bonchev–Trinajstić information content (AvgIpc) is 3.21. The van der Waals surface area contributed by atoms with Crippen LogP contribution in [0.15, 0.2) is 56.4 Å². The van der Waals surface area contributed by atoms with Crippen LogP contribution in [-0.4, -0.2) is 43.2 Å². The maximum Gasteiger partial charge on any atom is 0.339 e. The fourth-order valence-corrected chi connectivity index (χ4v) is 3.84. The lowest BCUT2D eigenvalue weighted by Gasteiger charge is -2.15. The zero-order valence-corrected chi connectivity index (χ0v) is 18.9. The number of benzene rings is 2. The van der Waals surface area contributed by atoms with Gasteiger partial charge in [-0.15, -0.1) is 0 Å². The Bertz CT molecular complexity index is 1170. The summed E-state index contributed by atoms with van der Waals surface area (Å²) >= 11 is 9.07. The van der Waals surface area contributed by atoms with Crippen LogP contribution in [0.4, 0.5) is 0 Å². The van der Waals surface area contributed by atoms with E-state index in [1.807, 2.05) is 0 Å². The maximum atomic E-state index is 12.5. The molecule has 30 heavy (non-hydrogen) atoms. The Balaban J connectivity index is 1.74. The molecular weight excluding hydrogens is 502 g/mol. The van der Waals surface area contributed by atoms with Crippen molar-refractivity contribution >= 4 is 43.5 Å². The molecule has 0 spiro atoms. The highest BCUT2D eigenvalue weighted by molar-refractivity contribution is 9.10. The lowest BCUT2D eigenvalue weighted by atomic mass is 10.2. The van der Waals surface area contributed by atoms with E-state index in [1.54, 1.807) is 24.3 Å². The highest BCUT2D eigenvalue weighted by atomic mass is 79.9. The van der Waals surface area contributed by atoms with Gasteiger partial charge in [-0.25, -0.2) is 13.2 Å². The number of halogens is 2. The Morgan fingerprint density at radius 1 is 1.23 bits per heavy atom. The topological polar surface area (TPSA) is 112 Å². The molecule has 0 atom stereocenters. The van der Waals surface area contributed by atoms with Crippen LogP contribution in [0.1, 0.15) is 16.2 Å². The quantitative estimate of drug-likeness (QED) is 0.345. The molecule has 9 nitrogen and oxygen atoms in total. The Labute approximate surface area is 185 Å². The summed E-state index contributed by atoms with van der Waals surface area (Å²) < 4.78 is 36.1. The third kappa shape index (κ3) is 4.87. The molecular formula is C18H15BrClN3O6S. The van der Waals surface area contributed by atoms with Crippen molar-refractivity contribution in [3.8, 4) is 11.4 Å². The lowest BCUT2D eigenvalue weighted by molar-refractivity contribution is -0.0258. The minimum atomic E-state index is -3.93. The van der Waals surface area contributed by atoms with Gasteiger partial charge >= 0.3 is 5.97 Å². The predicted molar refractivity (Wildman–Crippen MR) is 110 cm³/mol. The number of hydrogen-bond donors (Lipinski definition) is 0. The standard InChI is InChI=1S/C18H15BrClN3O6S/c1-23(27-2)30(25,26)13-7-8-15(19)14(9-13)18(24)28-10-16-21-17(22-29-16)11-3-5-12(20)6-4-11/h3-9H,10H2,1-2H3. The molecule has 0 N–H and O–H groups in total. The van der Waals surface area contributed by atoms with Crippen molar-refractivity contribution < 1.29 is 27.3 Å². The van der Waals surface area contributed by atoms with Crippen molar-refractivity contribution in [1.82, 2.24) is 14.6 Å². The minimum Gasteiger partial charge on any atom is -0.452 e. The first kappa shape index (κ1) is 22.4. The first-order valence-electron chi connectivity index (χ1n) is 8.30. The van der Waals surface area contributed by atoms with Crippen molar-refractivity contribution in [2.75, 3.05) is 14.2 Å². The van der Waals surface area contributed by atoms with Gasteiger partial charge in [-0.3, -0.25) is 4.84 Å². The molecule has 0 unspecified atom stereocenters. The van der Waals surface area contributed by atoms with E-state index >= 15 is 0 Å². The van der Waals surface area contributed by atoms with E-state index in [2.05, 4.69) is 26.1 Å². The summed E-state index contributed by atoms with van der Waals surface area (Å²) in [5, 5.41) is 4.40. The molecule has 0 aliphatic carbocycles. The highest BCUT2D eigenvalue weighted by Crippen LogP contribution is 2.24. The molecule has 1 aromatic heterocycles. The Hall–Kier alpha value is -2.31. The van der Waals surface area contributed by atoms with E-state index in [0.717, 1.165) is 0 Å². The zero-order chi connectivity index (χ0) is 21.9. The second kappa shape index (κ2) is 9.23. The number of sulfonamides is 1. The van der Waals surface area contributed by atoms with Crippen LogP contribution in [0.2, 0.25) is 5.02 Å². The predicted octanol–water partition coefficient (Wildman–Crippen LogP) is 3.69. The van der Waals surface area contributed by atoms with E-state index in [1.165, 1.54) is 32.4 Å². The SMILES string of the molecule is CON(C)S(=O)(=O)c1ccc(Br)c(C(=O)OCc2nc(-c3ccc(Cl)cc3)no2)c1. The van der Waals surface area contributed by atoms with Crippen LogP contribution in [0, 0.1) is 0 Å². The molecule has 0 radical (unpaired) electrons. The number of esters is 1. The molecule has 2 aromatic carbocycles. The van der Waals surface area contributed by atoms with Crippen molar-refractivity contribution in [3.05, 3.63) is 63.4 Å². The van der Waals surface area contributed by atoms with Crippen molar-refractivity contribution in [2.24, 2.45) is 0 Å². The first-order valence-corrected chi connectivity index (χ1v) is 10.9. The van der Waals surface area contributed by atoms with Crippen molar-refractivity contribution in [2.45, 2.75) is 11.5 Å². The largest absolute Gasteiger partial charge is 0.452 e. The molecule has 0 saturated carbocycles. The van der Waals surface area contributed by atoms with Crippen LogP contribution in [0.25, 0.3) is 11.4 Å². The van der Waals surface area contributed by atoms with Crippen LogP contribution in [0.5, 0.6) is 0 Å². The van der Waals surface area contributed by atoms with Crippen LogP contribution < -0.4 is 0 Å². The molecule has 158 valence electrons. The van der Waals surface area contributed by atoms with Crippen LogP contribution in [-0.2, 0) is 26.2 Å². The van der Waals surface area contributed by atoms with E-state index in [-0.39, 0.29) is 23.0 Å². The lowest BCUT2D eigenvalue weighted by Crippen LogP contribution is -2.26. The maximum absolute atomic E-state index is 12.5. The minimum absolute atomic E-state index is 0.0121. The number of carbonyl (C=O) groups is 1. The molecule has 12 heteroatoms. The van der Waals surface area contributed by atoms with Crippen molar-refractivity contribution in [3.63, 3.8) is 0 Å². The van der Waals surface area contributed by atoms with Crippen LogP contribution >= 0.6 is 27.5 Å². The number of carbonyl (C=O) groups excluding carboxylic acids is 1. The molecule has 0 aliphatic rings. The Kier molecular flexibility index (Phi) is 6.88. The molecule has 0 bridgehead atoms. The zero-order valence-electron chi connectivity index (χ0n) is 15.7. The Morgan fingerprint density at radius 3 is 2.60 bits per heavy atom. The van der Waals surface area contributed by atoms with Gasteiger partial charge < -0.3 is 9.26 Å². The Morgan fingerprint density at radius 2 is 1.93 bits per heavy atom. The van der Waals surface area contributed by atoms with Gasteiger partial charge in [0.05, 0.1) is 17.6 Å². The second-order valence-corrected chi connectivity index (χ2v) is 9.06. The third-order valence-electron chi connectivity index (χ3n) is 3.95. The number of nitrogens with zero attached hydrogens (tertiary/aromatic N) is 3. The van der Waals surface area contributed by atoms with Crippen LogP contribution in [0.3, 0.4) is 0 Å². The number of hydroxylamine groups is 1. The normalized spacial score (nSPS) is 11.6. The highest BCUT2D eigenvalue weighted by Gasteiger charge is 2.24. The van der Waals surface area contributed by atoms with Gasteiger partial charge in [0.25, 0.3) is 15.9 Å². The van der Waals surface area contributed by atoms with E-state index in [4.69, 9.17) is 25.7 Å². The molecule has 0 aliphatic heterocycles. The van der Waals surface area contributed by atoms with Gasteiger partial charge in [0, 0.05) is 22.1 Å². The van der Waals surface area contributed by atoms with Gasteiger partial charge in [-0.1, -0.05) is 21.2 Å². The van der Waals surface area contributed by atoms with Gasteiger partial charge in [0.15, 0.2) is 6.61 Å². The second-order valence-electron chi connectivity index (χ2n) is 5.83. The molecule has 0 amide bonds. The third-order valence-corrected chi connectivity index (χ3v) is 6.57. The summed E-state index contributed by atoms with van der Waals surface area (Å²) in [6.45, 7) is -0.291. The fraction of sp³-hybridized carbons (Fsp3) is 0.167. The molecule has 1 heterocycles. The molecule has 3 aromatic rings. The average molecular weight is 517 g/mol. The summed E-state index contributed by atoms with van der Waals surface area (Å²) in [6.07, 6.45) is 0. The summed E-state index contributed by atoms with van der Waals surface area (Å²) in [6, 6.07) is 10.8. The fourth-order valence-electron chi connectivity index (χ4n) is 2.30. The van der Waals surface area contributed by atoms with Gasteiger partial charge in [0.2, 0.25) is 5.82 Å². The number of ether oxygens (including phenoxy) is 1. The number of hydrogen-bond acceptors (Lipinski definition) is 8. The van der Waals surface area contributed by atoms with E-state index in [0.29, 0.717) is 25.4 Å². The monoisotopic (exact) mass is 515 g/mol. The molecule has 3 rings (SSSR count). The summed E-state index contributed by atoms with van der Waals surface area (Å²) in [5.74, 6) is -0.382. The number of aromatic nitrogens is 2. The van der Waals surface area contributed by atoms with E-state index < -0.39 is 16.0 Å². The molecule has 0 fully saturated rings. The summed E-state index contributed by atoms with van der Waals surface area (Å²) in [4.78, 5) is 21.2. The first-order chi connectivity index (χ1) is 14.2. The van der Waals surface area contributed by atoms with Crippen molar-refractivity contribution in [1.29, 1.82) is 0 Å². The molecule has 0 saturated heterocycles. The van der Waals surface area contributed by atoms with Gasteiger partial charge in [0.1, 0.15) is 0 Å². The van der Waals surface area contributed by atoms with Gasteiger partial charge in [-0.05, 0) is 58.4 Å². The summed E-state index contributed by atoms with van der Waals surface area (Å²) in [5.41, 5.74) is 0.696.